The highest BCUT2D eigenvalue weighted by atomic mass is 19.4. The Kier molecular flexibility index (Phi) is 5.30. The van der Waals surface area contributed by atoms with Crippen molar-refractivity contribution < 1.29 is 27.8 Å². The van der Waals surface area contributed by atoms with Crippen molar-refractivity contribution in [2.24, 2.45) is 0 Å². The lowest BCUT2D eigenvalue weighted by Crippen LogP contribution is -2.06. The minimum Gasteiger partial charge on any atom is -0.481 e. The van der Waals surface area contributed by atoms with Crippen LogP contribution in [0.2, 0.25) is 0 Å². The summed E-state index contributed by atoms with van der Waals surface area (Å²) in [6.45, 7) is 0. The van der Waals surface area contributed by atoms with Gasteiger partial charge < -0.3 is 9.84 Å². The molecule has 146 valence electrons. The maximum Gasteiger partial charge on any atom is 0.416 e. The summed E-state index contributed by atoms with van der Waals surface area (Å²) in [6.07, 6.45) is -4.40. The van der Waals surface area contributed by atoms with Gasteiger partial charge in [-0.25, -0.2) is 4.68 Å². The average molecular weight is 392 g/mol. The Labute approximate surface area is 157 Å². The minimum atomic E-state index is -4.44. The molecule has 0 aliphatic carbocycles. The molecule has 0 saturated carbocycles. The molecule has 1 aromatic carbocycles. The van der Waals surface area contributed by atoms with Crippen LogP contribution in [0, 0.1) is 0 Å². The molecule has 0 aliphatic rings. The molecule has 0 fully saturated rings. The molecule has 28 heavy (non-hydrogen) atoms. The largest absolute Gasteiger partial charge is 0.481 e. The lowest BCUT2D eigenvalue weighted by Gasteiger charge is -2.09. The Balaban J connectivity index is 2.03. The SMILES string of the molecule is COc1ccc(-n2nc(CCC(=O)O)cc2-c2ccc(C(F)(F)F)cc2)nn1. The van der Waals surface area contributed by atoms with Crippen LogP contribution in [0.25, 0.3) is 17.1 Å². The van der Waals surface area contributed by atoms with E-state index in [9.17, 15) is 18.0 Å². The van der Waals surface area contributed by atoms with Crippen LogP contribution in [-0.4, -0.2) is 38.2 Å². The van der Waals surface area contributed by atoms with Gasteiger partial charge in [0.15, 0.2) is 5.82 Å². The first kappa shape index (κ1) is 19.3. The van der Waals surface area contributed by atoms with E-state index in [4.69, 9.17) is 9.84 Å². The summed E-state index contributed by atoms with van der Waals surface area (Å²) in [5.74, 6) is -0.370. The second-order valence-corrected chi connectivity index (χ2v) is 5.84. The third-order valence-corrected chi connectivity index (χ3v) is 3.92. The molecular formula is C18H15F3N4O3. The van der Waals surface area contributed by atoms with Crippen LogP contribution < -0.4 is 4.74 Å². The van der Waals surface area contributed by atoms with Gasteiger partial charge in [-0.3, -0.25) is 4.79 Å². The van der Waals surface area contributed by atoms with Crippen molar-refractivity contribution in [3.05, 3.63) is 53.7 Å². The number of carboxylic acid groups (broad SMARTS) is 1. The number of nitrogens with zero attached hydrogens (tertiary/aromatic N) is 4. The zero-order valence-corrected chi connectivity index (χ0v) is 14.6. The normalized spacial score (nSPS) is 11.4. The second-order valence-electron chi connectivity index (χ2n) is 5.84. The fourth-order valence-electron chi connectivity index (χ4n) is 2.53. The summed E-state index contributed by atoms with van der Waals surface area (Å²) in [5.41, 5.74) is 0.640. The fourth-order valence-corrected chi connectivity index (χ4v) is 2.53. The number of methoxy groups -OCH3 is 1. The number of ether oxygens (including phenoxy) is 1. The van der Waals surface area contributed by atoms with Gasteiger partial charge in [-0.2, -0.15) is 18.3 Å². The number of aromatic nitrogens is 4. The van der Waals surface area contributed by atoms with Gasteiger partial charge in [0.2, 0.25) is 5.88 Å². The molecule has 3 rings (SSSR count). The van der Waals surface area contributed by atoms with E-state index in [2.05, 4.69) is 15.3 Å². The first-order valence-electron chi connectivity index (χ1n) is 8.14. The molecule has 7 nitrogen and oxygen atoms in total. The smallest absolute Gasteiger partial charge is 0.416 e. The van der Waals surface area contributed by atoms with Crippen LogP contribution in [0.3, 0.4) is 0 Å². The van der Waals surface area contributed by atoms with Crippen molar-refractivity contribution >= 4 is 5.97 Å². The molecule has 3 aromatic rings. The average Bonchev–Trinajstić information content (AvgIpc) is 3.10. The summed E-state index contributed by atoms with van der Waals surface area (Å²) < 4.78 is 44.8. The van der Waals surface area contributed by atoms with E-state index in [1.165, 1.54) is 23.9 Å². The van der Waals surface area contributed by atoms with E-state index in [1.54, 1.807) is 18.2 Å². The molecule has 1 N–H and O–H groups in total. The van der Waals surface area contributed by atoms with Gasteiger partial charge in [0, 0.05) is 18.1 Å². The number of rotatable bonds is 6. The number of aryl methyl sites for hydroxylation is 1. The zero-order chi connectivity index (χ0) is 20.3. The highest BCUT2D eigenvalue weighted by Crippen LogP contribution is 2.31. The highest BCUT2D eigenvalue weighted by Gasteiger charge is 2.30. The quantitative estimate of drug-likeness (QED) is 0.692. The maximum absolute atomic E-state index is 12.8. The van der Waals surface area contributed by atoms with Gasteiger partial charge in [-0.05, 0) is 24.3 Å². The molecule has 10 heteroatoms. The molecule has 0 radical (unpaired) electrons. The zero-order valence-electron chi connectivity index (χ0n) is 14.6. The Morgan fingerprint density at radius 1 is 1.14 bits per heavy atom. The van der Waals surface area contributed by atoms with Crippen LogP contribution in [0.4, 0.5) is 13.2 Å². The summed E-state index contributed by atoms with van der Waals surface area (Å²) in [4.78, 5) is 10.8. The van der Waals surface area contributed by atoms with Crippen molar-refractivity contribution in [1.82, 2.24) is 20.0 Å². The van der Waals surface area contributed by atoms with E-state index in [-0.39, 0.29) is 18.7 Å². The number of benzene rings is 1. The highest BCUT2D eigenvalue weighted by molar-refractivity contribution is 5.67. The summed E-state index contributed by atoms with van der Waals surface area (Å²) in [6, 6.07) is 9.39. The molecule has 0 aliphatic heterocycles. The van der Waals surface area contributed by atoms with E-state index >= 15 is 0 Å². The third kappa shape index (κ3) is 4.27. The Morgan fingerprint density at radius 3 is 2.39 bits per heavy atom. The van der Waals surface area contributed by atoms with Gasteiger partial charge in [-0.15, -0.1) is 10.2 Å². The number of aliphatic carboxylic acids is 1. The predicted molar refractivity (Wildman–Crippen MR) is 92.1 cm³/mol. The van der Waals surface area contributed by atoms with Crippen LogP contribution >= 0.6 is 0 Å². The van der Waals surface area contributed by atoms with Gasteiger partial charge >= 0.3 is 12.1 Å². The molecule has 0 spiro atoms. The predicted octanol–water partition coefficient (Wildman–Crippen LogP) is 3.37. The topological polar surface area (TPSA) is 90.1 Å². The summed E-state index contributed by atoms with van der Waals surface area (Å²) in [5, 5.41) is 21.1. The van der Waals surface area contributed by atoms with Crippen molar-refractivity contribution in [2.45, 2.75) is 19.0 Å². The lowest BCUT2D eigenvalue weighted by molar-refractivity contribution is -0.138. The van der Waals surface area contributed by atoms with Crippen molar-refractivity contribution in [3.63, 3.8) is 0 Å². The third-order valence-electron chi connectivity index (χ3n) is 3.92. The molecular weight excluding hydrogens is 377 g/mol. The van der Waals surface area contributed by atoms with E-state index in [0.717, 1.165) is 12.1 Å². The van der Waals surface area contributed by atoms with E-state index in [1.807, 2.05) is 0 Å². The standard InChI is InChI=1S/C18H15F3N4O3/c1-28-16-8-7-15(22-23-16)25-14(10-13(24-25)6-9-17(26)27)11-2-4-12(5-3-11)18(19,20)21/h2-5,7-8,10H,6,9H2,1H3,(H,26,27). The number of hydrogen-bond acceptors (Lipinski definition) is 5. The summed E-state index contributed by atoms with van der Waals surface area (Å²) in [7, 11) is 1.44. The molecule has 0 bridgehead atoms. The maximum atomic E-state index is 12.8. The molecule has 2 heterocycles. The van der Waals surface area contributed by atoms with Gasteiger partial charge in [0.25, 0.3) is 0 Å². The Bertz CT molecular complexity index is 967. The van der Waals surface area contributed by atoms with Crippen molar-refractivity contribution in [1.29, 1.82) is 0 Å². The van der Waals surface area contributed by atoms with Crippen LogP contribution in [0.15, 0.2) is 42.5 Å². The monoisotopic (exact) mass is 392 g/mol. The number of hydrogen-bond donors (Lipinski definition) is 1. The molecule has 0 amide bonds. The van der Waals surface area contributed by atoms with Gasteiger partial charge in [-0.1, -0.05) is 12.1 Å². The molecule has 0 saturated heterocycles. The van der Waals surface area contributed by atoms with Gasteiger partial charge in [0.1, 0.15) is 0 Å². The van der Waals surface area contributed by atoms with Crippen molar-refractivity contribution in [2.75, 3.05) is 7.11 Å². The summed E-state index contributed by atoms with van der Waals surface area (Å²) >= 11 is 0. The first-order valence-corrected chi connectivity index (χ1v) is 8.14. The number of halogens is 3. The lowest BCUT2D eigenvalue weighted by atomic mass is 10.1. The van der Waals surface area contributed by atoms with Gasteiger partial charge in [0.05, 0.1) is 30.5 Å². The molecule has 2 aromatic heterocycles. The Morgan fingerprint density at radius 2 is 1.86 bits per heavy atom. The number of carbonyl (C=O) groups is 1. The van der Waals surface area contributed by atoms with Crippen LogP contribution in [0.1, 0.15) is 17.7 Å². The van der Waals surface area contributed by atoms with Crippen LogP contribution in [0.5, 0.6) is 5.88 Å². The van der Waals surface area contributed by atoms with Crippen LogP contribution in [-0.2, 0) is 17.4 Å². The minimum absolute atomic E-state index is 0.127. The molecule has 0 unspecified atom stereocenters. The Hall–Kier alpha value is -3.43. The van der Waals surface area contributed by atoms with E-state index < -0.39 is 17.7 Å². The first-order chi connectivity index (χ1) is 13.3. The number of alkyl halides is 3. The van der Waals surface area contributed by atoms with E-state index in [0.29, 0.717) is 22.8 Å². The second kappa shape index (κ2) is 7.67. The number of carboxylic acids is 1. The fraction of sp³-hybridized carbons (Fsp3) is 0.222. The van der Waals surface area contributed by atoms with Crippen molar-refractivity contribution in [3.8, 4) is 23.0 Å². The molecule has 0 atom stereocenters.